The van der Waals surface area contributed by atoms with Crippen molar-refractivity contribution in [2.45, 2.75) is 19.4 Å². The molecule has 0 fully saturated rings. The van der Waals surface area contributed by atoms with Crippen LogP contribution in [0.15, 0.2) is 102 Å². The molecule has 6 nitrogen and oxygen atoms in total. The minimum absolute atomic E-state index is 0.0799. The van der Waals surface area contributed by atoms with Crippen LogP contribution in [0.25, 0.3) is 10.8 Å². The first-order valence-corrected chi connectivity index (χ1v) is 12.1. The van der Waals surface area contributed by atoms with E-state index in [-0.39, 0.29) is 24.5 Å². The molecule has 1 amide bonds. The normalized spacial score (nSPS) is 15.0. The molecular formula is C30H27N3O3. The number of nitrogens with one attached hydrogen (secondary N) is 1. The van der Waals surface area contributed by atoms with Gasteiger partial charge < -0.3 is 10.1 Å². The Bertz CT molecular complexity index is 1410. The summed E-state index contributed by atoms with van der Waals surface area (Å²) in [5, 5.41) is 11.9. The van der Waals surface area contributed by atoms with Crippen molar-refractivity contribution in [3.05, 3.63) is 114 Å². The van der Waals surface area contributed by atoms with Gasteiger partial charge in [-0.05, 0) is 59.2 Å². The Balaban J connectivity index is 1.35. The molecule has 5 rings (SSSR count). The molecule has 1 N–H and O–H groups in total. The third-order valence-electron chi connectivity index (χ3n) is 6.27. The Hall–Kier alpha value is -4.45. The van der Waals surface area contributed by atoms with Crippen molar-refractivity contribution in [1.82, 2.24) is 5.01 Å². The van der Waals surface area contributed by atoms with Gasteiger partial charge in [-0.1, -0.05) is 66.7 Å². The number of amides is 1. The molecule has 0 unspecified atom stereocenters. The highest BCUT2D eigenvalue weighted by atomic mass is 16.5. The molecule has 0 bridgehead atoms. The van der Waals surface area contributed by atoms with Gasteiger partial charge in [0.15, 0.2) is 0 Å². The summed E-state index contributed by atoms with van der Waals surface area (Å²) in [6.07, 6.45) is 0.641. The predicted molar refractivity (Wildman–Crippen MR) is 142 cm³/mol. The van der Waals surface area contributed by atoms with E-state index in [4.69, 9.17) is 9.84 Å². The fourth-order valence-corrected chi connectivity index (χ4v) is 4.42. The Kier molecular flexibility index (Phi) is 6.76. The van der Waals surface area contributed by atoms with E-state index in [1.54, 1.807) is 36.2 Å². The van der Waals surface area contributed by atoms with Crippen molar-refractivity contribution in [2.24, 2.45) is 5.10 Å². The lowest BCUT2D eigenvalue weighted by Crippen LogP contribution is -2.32. The molecule has 36 heavy (non-hydrogen) atoms. The molecule has 0 aromatic heterocycles. The highest BCUT2D eigenvalue weighted by molar-refractivity contribution is 6.05. The van der Waals surface area contributed by atoms with E-state index in [1.165, 1.54) is 5.39 Å². The monoisotopic (exact) mass is 477 g/mol. The number of nitrogens with zero attached hydrogens (tertiary/aromatic N) is 2. The highest BCUT2D eigenvalue weighted by Crippen LogP contribution is 2.33. The van der Waals surface area contributed by atoms with Crippen LogP contribution in [0, 0.1) is 0 Å². The van der Waals surface area contributed by atoms with E-state index in [9.17, 15) is 9.59 Å². The number of fused-ring (bicyclic) bond motifs is 1. The highest BCUT2D eigenvalue weighted by Gasteiger charge is 2.32. The molecule has 0 spiro atoms. The summed E-state index contributed by atoms with van der Waals surface area (Å²) in [6, 6.07) is 31.2. The summed E-state index contributed by atoms with van der Waals surface area (Å²) < 4.78 is 5.02. The number of ether oxygens (including phenoxy) is 1. The second-order valence-corrected chi connectivity index (χ2v) is 8.63. The van der Waals surface area contributed by atoms with Gasteiger partial charge in [0.2, 0.25) is 0 Å². The topological polar surface area (TPSA) is 71.0 Å². The van der Waals surface area contributed by atoms with E-state index in [2.05, 4.69) is 35.6 Å². The van der Waals surface area contributed by atoms with Gasteiger partial charge in [0.25, 0.3) is 5.91 Å². The minimum Gasteiger partial charge on any atom is -0.462 e. The van der Waals surface area contributed by atoms with Gasteiger partial charge in [-0.2, -0.15) is 5.10 Å². The minimum atomic E-state index is -0.363. The number of anilines is 1. The number of carbonyl (C=O) groups is 2. The van der Waals surface area contributed by atoms with E-state index >= 15 is 0 Å². The van der Waals surface area contributed by atoms with E-state index in [1.807, 2.05) is 42.5 Å². The summed E-state index contributed by atoms with van der Waals surface area (Å²) in [6.45, 7) is 2.18. The Morgan fingerprint density at radius 2 is 1.64 bits per heavy atom. The number of esters is 1. The molecule has 1 atom stereocenters. The molecule has 4 aromatic carbocycles. The number of hydrogen-bond acceptors (Lipinski definition) is 5. The third kappa shape index (κ3) is 4.98. The summed E-state index contributed by atoms with van der Waals surface area (Å²) in [7, 11) is 0. The van der Waals surface area contributed by atoms with Crippen LogP contribution in [-0.2, 0) is 9.53 Å². The molecule has 0 saturated heterocycles. The molecule has 0 radical (unpaired) electrons. The van der Waals surface area contributed by atoms with E-state index < -0.39 is 0 Å². The third-order valence-corrected chi connectivity index (χ3v) is 6.27. The zero-order chi connectivity index (χ0) is 24.9. The molecule has 4 aromatic rings. The van der Waals surface area contributed by atoms with Gasteiger partial charge >= 0.3 is 5.97 Å². The molecule has 1 aliphatic rings. The number of benzene rings is 4. The molecule has 1 aliphatic heterocycles. The zero-order valence-electron chi connectivity index (χ0n) is 20.1. The van der Waals surface area contributed by atoms with Crippen LogP contribution >= 0.6 is 0 Å². The first-order chi connectivity index (χ1) is 17.6. The van der Waals surface area contributed by atoms with Crippen LogP contribution < -0.4 is 5.32 Å². The lowest BCUT2D eigenvalue weighted by atomic mass is 9.97. The molecule has 180 valence electrons. The van der Waals surface area contributed by atoms with E-state index in [0.717, 1.165) is 27.9 Å². The van der Waals surface area contributed by atoms with Gasteiger partial charge in [-0.15, -0.1) is 0 Å². The average molecular weight is 478 g/mol. The molecular weight excluding hydrogens is 450 g/mol. The van der Waals surface area contributed by atoms with Gasteiger partial charge in [0.1, 0.15) is 0 Å². The van der Waals surface area contributed by atoms with Crippen LogP contribution in [0.3, 0.4) is 0 Å². The van der Waals surface area contributed by atoms with Crippen LogP contribution in [0.1, 0.15) is 40.9 Å². The summed E-state index contributed by atoms with van der Waals surface area (Å²) >= 11 is 0. The summed E-state index contributed by atoms with van der Waals surface area (Å²) in [5.41, 5.74) is 4.17. The number of hydrogen-bond donors (Lipinski definition) is 1. The Labute approximate surface area is 210 Å². The van der Waals surface area contributed by atoms with Crippen molar-refractivity contribution >= 4 is 34.0 Å². The molecule has 6 heteroatoms. The number of carbonyl (C=O) groups excluding carboxylic acids is 2. The SMILES string of the molecule is CCOC(=O)c1ccc(NCC(=O)N2N=C(c3ccc4ccccc4c3)C[C@@H]2c2ccccc2)cc1. The lowest BCUT2D eigenvalue weighted by Gasteiger charge is -2.22. The van der Waals surface area contributed by atoms with Crippen LogP contribution in [0.4, 0.5) is 5.69 Å². The Morgan fingerprint density at radius 3 is 2.39 bits per heavy atom. The standard InChI is InChI=1S/C30H27N3O3/c1-2-36-30(35)23-14-16-26(17-15-23)31-20-29(34)33-28(22-9-4-3-5-10-22)19-27(32-33)25-13-12-21-8-6-7-11-24(21)18-25/h3-18,28,31H,2,19-20H2,1H3/t28-/m1/s1. The lowest BCUT2D eigenvalue weighted by molar-refractivity contribution is -0.131. The fraction of sp³-hybridized carbons (Fsp3) is 0.167. The Morgan fingerprint density at radius 1 is 0.917 bits per heavy atom. The van der Waals surface area contributed by atoms with Crippen molar-refractivity contribution in [3.63, 3.8) is 0 Å². The average Bonchev–Trinajstić information content (AvgIpc) is 3.38. The largest absolute Gasteiger partial charge is 0.462 e. The second kappa shape index (κ2) is 10.4. The van der Waals surface area contributed by atoms with E-state index in [0.29, 0.717) is 18.6 Å². The summed E-state index contributed by atoms with van der Waals surface area (Å²) in [4.78, 5) is 25.2. The van der Waals surface area contributed by atoms with Gasteiger partial charge in [0.05, 0.1) is 30.5 Å². The number of rotatable bonds is 7. The first-order valence-electron chi connectivity index (χ1n) is 12.1. The van der Waals surface area contributed by atoms with Crippen molar-refractivity contribution < 1.29 is 14.3 Å². The maximum Gasteiger partial charge on any atom is 0.338 e. The van der Waals surface area contributed by atoms with Crippen LogP contribution in [-0.4, -0.2) is 35.7 Å². The van der Waals surface area contributed by atoms with Crippen LogP contribution in [0.2, 0.25) is 0 Å². The maximum atomic E-state index is 13.3. The smallest absolute Gasteiger partial charge is 0.338 e. The van der Waals surface area contributed by atoms with Gasteiger partial charge in [0, 0.05) is 12.1 Å². The van der Waals surface area contributed by atoms with Crippen molar-refractivity contribution in [3.8, 4) is 0 Å². The van der Waals surface area contributed by atoms with Gasteiger partial charge in [-0.25, -0.2) is 9.80 Å². The first kappa shape index (κ1) is 23.3. The number of hydrazone groups is 1. The van der Waals surface area contributed by atoms with Gasteiger partial charge in [-0.3, -0.25) is 4.79 Å². The zero-order valence-corrected chi connectivity index (χ0v) is 20.1. The van der Waals surface area contributed by atoms with Crippen molar-refractivity contribution in [2.75, 3.05) is 18.5 Å². The fourth-order valence-electron chi connectivity index (χ4n) is 4.42. The van der Waals surface area contributed by atoms with Crippen molar-refractivity contribution in [1.29, 1.82) is 0 Å². The van der Waals surface area contributed by atoms with Crippen LogP contribution in [0.5, 0.6) is 0 Å². The maximum absolute atomic E-state index is 13.3. The second-order valence-electron chi connectivity index (χ2n) is 8.63. The molecule has 1 heterocycles. The molecule has 0 saturated carbocycles. The molecule has 0 aliphatic carbocycles. The quantitative estimate of drug-likeness (QED) is 0.341. The summed E-state index contributed by atoms with van der Waals surface area (Å²) in [5.74, 6) is -0.493. The predicted octanol–water partition coefficient (Wildman–Crippen LogP) is 5.81.